The monoisotopic (exact) mass is 1410 g/mol. The number of nitrogens with zero attached hydrogens (tertiary/aromatic N) is 1. The van der Waals surface area contributed by atoms with E-state index in [0.717, 1.165) is 122 Å². The molecule has 1 N–H and O–H groups in total. The van der Waals surface area contributed by atoms with Gasteiger partial charge in [0.2, 0.25) is 0 Å². The lowest BCUT2D eigenvalue weighted by molar-refractivity contribution is -0.870. The van der Waals surface area contributed by atoms with Crippen molar-refractivity contribution in [2.24, 2.45) is 0 Å². The summed E-state index contributed by atoms with van der Waals surface area (Å²) in [5.41, 5.74) is 0. The van der Waals surface area contributed by atoms with E-state index in [2.05, 4.69) is 172 Å². The molecule has 0 bridgehead atoms. The van der Waals surface area contributed by atoms with Gasteiger partial charge in [-0.25, -0.2) is 4.57 Å². The van der Waals surface area contributed by atoms with Gasteiger partial charge >= 0.3 is 19.8 Å². The molecule has 0 saturated carbocycles. The Kier molecular flexibility index (Phi) is 75.3. The molecule has 2 atom stereocenters. The molecule has 0 fully saturated rings. The Morgan fingerprint density at radius 1 is 0.310 bits per heavy atom. The quantitative estimate of drug-likeness (QED) is 0.0211. The topological polar surface area (TPSA) is 108 Å². The van der Waals surface area contributed by atoms with Crippen molar-refractivity contribution in [1.29, 1.82) is 0 Å². The van der Waals surface area contributed by atoms with Crippen LogP contribution >= 0.6 is 7.82 Å². The number of rotatable bonds is 75. The Morgan fingerprint density at radius 3 is 0.800 bits per heavy atom. The normalized spacial score (nSPS) is 13.9. The zero-order chi connectivity index (χ0) is 72.5. The number of hydrogen-bond donors (Lipinski definition) is 1. The Balaban J connectivity index is 3.96. The van der Waals surface area contributed by atoms with E-state index in [9.17, 15) is 19.0 Å². The molecule has 0 heterocycles. The first-order valence-corrected chi connectivity index (χ1v) is 42.7. The summed E-state index contributed by atoms with van der Waals surface area (Å²) in [6.07, 6.45) is 118. The van der Waals surface area contributed by atoms with Crippen LogP contribution in [0.3, 0.4) is 0 Å². The highest BCUT2D eigenvalue weighted by molar-refractivity contribution is 7.47. The van der Waals surface area contributed by atoms with Gasteiger partial charge in [-0.05, 0) is 122 Å². The molecule has 0 radical (unpaired) electrons. The van der Waals surface area contributed by atoms with Crippen LogP contribution in [0.15, 0.2) is 158 Å². The zero-order valence-electron chi connectivity index (χ0n) is 65.4. The number of hydrogen-bond acceptors (Lipinski definition) is 7. The largest absolute Gasteiger partial charge is 0.472 e. The van der Waals surface area contributed by atoms with Crippen molar-refractivity contribution in [1.82, 2.24) is 0 Å². The summed E-state index contributed by atoms with van der Waals surface area (Å²) in [5.74, 6) is -0.789. The minimum absolute atomic E-state index is 0.0280. The summed E-state index contributed by atoms with van der Waals surface area (Å²) < 4.78 is 34.9. The fourth-order valence-corrected chi connectivity index (χ4v) is 12.1. The van der Waals surface area contributed by atoms with Crippen LogP contribution in [0.5, 0.6) is 0 Å². The first kappa shape index (κ1) is 95.6. The van der Waals surface area contributed by atoms with E-state index in [1.165, 1.54) is 193 Å². The number of carbonyl (C=O) groups is 2. The molecule has 0 aromatic rings. The number of ether oxygens (including phenoxy) is 2. The summed E-state index contributed by atoms with van der Waals surface area (Å²) in [6.45, 7) is 4.23. The van der Waals surface area contributed by atoms with Gasteiger partial charge in [-0.1, -0.05) is 371 Å². The molecule has 100 heavy (non-hydrogen) atoms. The molecule has 10 heteroatoms. The molecular weight excluding hydrogens is 1250 g/mol. The molecule has 0 amide bonds. The molecule has 0 aliphatic rings. The summed E-state index contributed by atoms with van der Waals surface area (Å²) in [4.78, 5) is 36.0. The SMILES string of the molecule is CC/C=C\C/C=C\C/C=C\C/C=C\C/C=C\C/C=C\C/C=C\CCCCCCCCCCCCCCCCCC(=O)OC(COC(=O)CCCCCCCCCCCCCCCCCCCCCC/C=C\C/C=C\C/C=C\C/C=C\C/C=C\C/C=C\CC)COP(=O)(O)OCC[N+](C)(C)C. The van der Waals surface area contributed by atoms with E-state index in [1.54, 1.807) is 0 Å². The van der Waals surface area contributed by atoms with Gasteiger partial charge in [-0.2, -0.15) is 0 Å². The van der Waals surface area contributed by atoms with E-state index in [1.807, 2.05) is 21.1 Å². The predicted molar refractivity (Wildman–Crippen MR) is 436 cm³/mol. The number of esters is 2. The van der Waals surface area contributed by atoms with Gasteiger partial charge in [0.1, 0.15) is 19.8 Å². The molecule has 0 aliphatic carbocycles. The van der Waals surface area contributed by atoms with E-state index >= 15 is 0 Å². The smallest absolute Gasteiger partial charge is 0.462 e. The van der Waals surface area contributed by atoms with E-state index < -0.39 is 26.5 Å². The average molecular weight is 1410 g/mol. The second kappa shape index (κ2) is 78.8. The minimum Gasteiger partial charge on any atom is -0.462 e. The molecule has 0 aliphatic heterocycles. The molecule has 0 spiro atoms. The first-order chi connectivity index (χ1) is 49.0. The maximum atomic E-state index is 12.9. The second-order valence-electron chi connectivity index (χ2n) is 28.4. The maximum Gasteiger partial charge on any atom is 0.472 e. The predicted octanol–water partition coefficient (Wildman–Crippen LogP) is 27.8. The van der Waals surface area contributed by atoms with Crippen molar-refractivity contribution >= 4 is 19.8 Å². The van der Waals surface area contributed by atoms with Crippen molar-refractivity contribution in [2.75, 3.05) is 47.5 Å². The highest BCUT2D eigenvalue weighted by atomic mass is 31.2. The molecule has 9 nitrogen and oxygen atoms in total. The minimum atomic E-state index is -4.40. The fraction of sp³-hybridized carbons (Fsp3) is 0.689. The van der Waals surface area contributed by atoms with Gasteiger partial charge in [-0.15, -0.1) is 0 Å². The van der Waals surface area contributed by atoms with Gasteiger partial charge < -0.3 is 18.9 Å². The third kappa shape index (κ3) is 82.6. The molecule has 0 aromatic carbocycles. The van der Waals surface area contributed by atoms with Crippen LogP contribution < -0.4 is 0 Å². The highest BCUT2D eigenvalue weighted by Crippen LogP contribution is 2.43. The zero-order valence-corrected chi connectivity index (χ0v) is 66.3. The van der Waals surface area contributed by atoms with Crippen LogP contribution in [0.4, 0.5) is 0 Å². The Bertz CT molecular complexity index is 2250. The van der Waals surface area contributed by atoms with Crippen LogP contribution in [-0.2, 0) is 32.7 Å². The van der Waals surface area contributed by atoms with Gasteiger partial charge in [-0.3, -0.25) is 18.6 Å². The standard InChI is InChI=1S/C90H154NO8P/c1-6-8-10-12-14-16-18-20-22-24-26-28-30-32-34-36-38-40-42-44-45-47-48-50-52-54-56-58-60-62-64-66-68-70-72-74-76-78-80-82-89(92)96-86-88(87-98-100(94,95)97-85-84-91(3,4)5)99-90(93)83-81-79-77-75-73-71-69-67-65-63-61-59-57-55-53-51-49-46-43-41-39-37-35-33-31-29-27-25-23-21-19-17-15-13-11-9-7-2/h8-11,14-17,20-23,26-29,32-35,38-41,46,49,88H,6-7,12-13,18-19,24-25,30-31,36-37,42-45,47-48,50-87H2,1-5H3/p+1/b10-8-,11-9-,16-14-,17-15-,22-20-,23-21-,28-26-,29-27-,34-32-,35-33-,40-38-,41-39-,49-46-. The molecule has 0 saturated heterocycles. The van der Waals surface area contributed by atoms with Gasteiger partial charge in [0.25, 0.3) is 0 Å². The van der Waals surface area contributed by atoms with Crippen molar-refractivity contribution in [3.63, 3.8) is 0 Å². The average Bonchev–Trinajstić information content (AvgIpc) is 1.02. The van der Waals surface area contributed by atoms with Crippen molar-refractivity contribution in [2.45, 2.75) is 354 Å². The number of allylic oxidation sites excluding steroid dienone is 26. The third-order valence-corrected chi connectivity index (χ3v) is 18.5. The van der Waals surface area contributed by atoms with Crippen LogP contribution in [-0.4, -0.2) is 74.9 Å². The van der Waals surface area contributed by atoms with Gasteiger partial charge in [0.15, 0.2) is 6.10 Å². The summed E-state index contributed by atoms with van der Waals surface area (Å²) in [6, 6.07) is 0. The van der Waals surface area contributed by atoms with Crippen molar-refractivity contribution in [3.8, 4) is 0 Å². The van der Waals surface area contributed by atoms with E-state index in [-0.39, 0.29) is 32.0 Å². The van der Waals surface area contributed by atoms with E-state index in [4.69, 9.17) is 18.5 Å². The summed E-state index contributed by atoms with van der Waals surface area (Å²) in [7, 11) is 1.48. The van der Waals surface area contributed by atoms with Crippen LogP contribution in [0, 0.1) is 0 Å². The number of unbranched alkanes of at least 4 members (excludes halogenated alkanes) is 35. The summed E-state index contributed by atoms with van der Waals surface area (Å²) in [5, 5.41) is 0. The third-order valence-electron chi connectivity index (χ3n) is 17.6. The lowest BCUT2D eigenvalue weighted by atomic mass is 10.0. The number of likely N-dealkylation sites (N-methyl/N-ethyl adjacent to an activating group) is 1. The number of quaternary nitrogens is 1. The Hall–Kier alpha value is -4.37. The number of phosphoric acid groups is 1. The molecular formula is C90H155NO8P+. The van der Waals surface area contributed by atoms with Gasteiger partial charge in [0, 0.05) is 12.8 Å². The second-order valence-corrected chi connectivity index (χ2v) is 29.8. The number of phosphoric ester groups is 1. The lowest BCUT2D eigenvalue weighted by Gasteiger charge is -2.24. The number of carbonyl (C=O) groups excluding carboxylic acids is 2. The maximum absolute atomic E-state index is 12.9. The Morgan fingerprint density at radius 2 is 0.540 bits per heavy atom. The molecule has 0 aromatic heterocycles. The van der Waals surface area contributed by atoms with Crippen LogP contribution in [0.25, 0.3) is 0 Å². The fourth-order valence-electron chi connectivity index (χ4n) is 11.4. The molecule has 2 unspecified atom stereocenters. The van der Waals surface area contributed by atoms with Crippen molar-refractivity contribution < 1.29 is 42.1 Å². The van der Waals surface area contributed by atoms with Crippen molar-refractivity contribution in [3.05, 3.63) is 158 Å². The Labute approximate surface area is 617 Å². The lowest BCUT2D eigenvalue weighted by Crippen LogP contribution is -2.37. The molecule has 572 valence electrons. The molecule has 0 rings (SSSR count). The summed E-state index contributed by atoms with van der Waals surface area (Å²) >= 11 is 0. The first-order valence-electron chi connectivity index (χ1n) is 41.2. The highest BCUT2D eigenvalue weighted by Gasteiger charge is 2.27. The van der Waals surface area contributed by atoms with Gasteiger partial charge in [0.05, 0.1) is 27.7 Å². The van der Waals surface area contributed by atoms with E-state index in [0.29, 0.717) is 17.4 Å². The van der Waals surface area contributed by atoms with Crippen LogP contribution in [0.1, 0.15) is 348 Å². The van der Waals surface area contributed by atoms with Crippen LogP contribution in [0.2, 0.25) is 0 Å².